The first-order valence-corrected chi connectivity index (χ1v) is 12.6. The standard InChI is InChI=1S/C26H28Cl2F5N3O3/c1-14(2)21(22(37)26(32,33)24(39)35-13-25(29,30)31)36-23(38)20(16-6-4-3-5-7-16)19(34)11-9-15-8-10-17(27)18(28)12-15/h3-8,10,12,14,19-21H,9,11,13,34H2,1-2H3,(H,35,39)(H,36,38)/t19?,20-,21-/m0/s1. The molecule has 0 radical (unpaired) electrons. The normalized spacial score (nSPS) is 14.4. The second kappa shape index (κ2) is 13.5. The number of hydrogen-bond donors (Lipinski definition) is 3. The number of aryl methyl sites for hydroxylation is 1. The van der Waals surface area contributed by atoms with E-state index < -0.39 is 60.2 Å². The van der Waals surface area contributed by atoms with Crippen molar-refractivity contribution >= 4 is 40.8 Å². The van der Waals surface area contributed by atoms with Crippen LogP contribution in [0.25, 0.3) is 0 Å². The summed E-state index contributed by atoms with van der Waals surface area (Å²) >= 11 is 12.0. The summed E-state index contributed by atoms with van der Waals surface area (Å²) in [4.78, 5) is 37.8. The number of carbonyl (C=O) groups is 3. The number of halogens is 7. The van der Waals surface area contributed by atoms with E-state index in [0.717, 1.165) is 10.9 Å². The van der Waals surface area contributed by atoms with Crippen LogP contribution in [0.1, 0.15) is 37.3 Å². The van der Waals surface area contributed by atoms with E-state index in [-0.39, 0.29) is 6.42 Å². The molecule has 0 spiro atoms. The molecule has 2 aromatic rings. The Bertz CT molecular complexity index is 1160. The lowest BCUT2D eigenvalue weighted by Crippen LogP contribution is -2.58. The van der Waals surface area contributed by atoms with Gasteiger partial charge in [-0.15, -0.1) is 0 Å². The number of benzene rings is 2. The highest BCUT2D eigenvalue weighted by molar-refractivity contribution is 6.42. The highest BCUT2D eigenvalue weighted by Crippen LogP contribution is 2.27. The monoisotopic (exact) mass is 595 g/mol. The zero-order valence-electron chi connectivity index (χ0n) is 21.0. The van der Waals surface area contributed by atoms with E-state index in [1.807, 2.05) is 0 Å². The maximum atomic E-state index is 14.6. The summed E-state index contributed by atoms with van der Waals surface area (Å²) in [7, 11) is 0. The second-order valence-corrected chi connectivity index (χ2v) is 10.1. The summed E-state index contributed by atoms with van der Waals surface area (Å²) < 4.78 is 66.3. The van der Waals surface area contributed by atoms with Crippen LogP contribution in [0.5, 0.6) is 0 Å². The van der Waals surface area contributed by atoms with E-state index >= 15 is 0 Å². The van der Waals surface area contributed by atoms with E-state index in [0.29, 0.717) is 22.0 Å². The molecule has 39 heavy (non-hydrogen) atoms. The lowest BCUT2D eigenvalue weighted by Gasteiger charge is -2.29. The largest absolute Gasteiger partial charge is 0.405 e. The van der Waals surface area contributed by atoms with Gasteiger partial charge in [-0.25, -0.2) is 0 Å². The average Bonchev–Trinajstić information content (AvgIpc) is 2.86. The topological polar surface area (TPSA) is 101 Å². The Kier molecular flexibility index (Phi) is 11.3. The minimum Gasteiger partial charge on any atom is -0.345 e. The molecular weight excluding hydrogens is 568 g/mol. The summed E-state index contributed by atoms with van der Waals surface area (Å²) in [6, 6.07) is 10.4. The van der Waals surface area contributed by atoms with Gasteiger partial charge in [0, 0.05) is 6.04 Å². The van der Waals surface area contributed by atoms with Crippen molar-refractivity contribution in [3.63, 3.8) is 0 Å². The van der Waals surface area contributed by atoms with Gasteiger partial charge in [-0.3, -0.25) is 14.4 Å². The molecule has 2 rings (SSSR count). The number of ketones is 1. The number of hydrogen-bond acceptors (Lipinski definition) is 4. The maximum Gasteiger partial charge on any atom is 0.405 e. The molecule has 0 aliphatic rings. The van der Waals surface area contributed by atoms with Gasteiger partial charge < -0.3 is 16.4 Å². The Morgan fingerprint density at radius 1 is 0.949 bits per heavy atom. The van der Waals surface area contributed by atoms with Gasteiger partial charge in [0.2, 0.25) is 11.7 Å². The molecule has 0 aromatic heterocycles. The fourth-order valence-electron chi connectivity index (χ4n) is 3.83. The maximum absolute atomic E-state index is 14.6. The van der Waals surface area contributed by atoms with Crippen LogP contribution in [-0.4, -0.2) is 48.3 Å². The second-order valence-electron chi connectivity index (χ2n) is 9.31. The molecule has 4 N–H and O–H groups in total. The molecule has 2 amide bonds. The summed E-state index contributed by atoms with van der Waals surface area (Å²) in [6.45, 7) is 0.639. The van der Waals surface area contributed by atoms with Gasteiger partial charge in [0.25, 0.3) is 5.91 Å². The van der Waals surface area contributed by atoms with Crippen LogP contribution in [0.2, 0.25) is 10.0 Å². The van der Waals surface area contributed by atoms with Crippen LogP contribution < -0.4 is 16.4 Å². The highest BCUT2D eigenvalue weighted by atomic mass is 35.5. The number of rotatable bonds is 12. The quantitative estimate of drug-likeness (QED) is 0.236. The Morgan fingerprint density at radius 2 is 1.56 bits per heavy atom. The predicted octanol–water partition coefficient (Wildman–Crippen LogP) is 5.06. The van der Waals surface area contributed by atoms with Crippen molar-refractivity contribution in [1.82, 2.24) is 10.6 Å². The van der Waals surface area contributed by atoms with E-state index in [1.165, 1.54) is 13.8 Å². The summed E-state index contributed by atoms with van der Waals surface area (Å²) in [6.07, 6.45) is -4.32. The molecule has 0 saturated heterocycles. The summed E-state index contributed by atoms with van der Waals surface area (Å²) in [5.74, 6) is -12.2. The van der Waals surface area contributed by atoms with Gasteiger partial charge in [0.1, 0.15) is 6.54 Å². The third-order valence-corrected chi connectivity index (χ3v) is 6.65. The third kappa shape index (κ3) is 9.15. The van der Waals surface area contributed by atoms with Crippen molar-refractivity contribution in [2.24, 2.45) is 11.7 Å². The lowest BCUT2D eigenvalue weighted by atomic mass is 9.86. The molecule has 0 heterocycles. The number of carbonyl (C=O) groups excluding carboxylic acids is 3. The van der Waals surface area contributed by atoms with E-state index in [2.05, 4.69) is 5.32 Å². The number of nitrogens with two attached hydrogens (primary N) is 1. The van der Waals surface area contributed by atoms with Crippen LogP contribution in [0, 0.1) is 5.92 Å². The average molecular weight is 596 g/mol. The molecule has 2 aromatic carbocycles. The molecule has 13 heteroatoms. The van der Waals surface area contributed by atoms with Crippen molar-refractivity contribution in [1.29, 1.82) is 0 Å². The zero-order chi connectivity index (χ0) is 29.5. The van der Waals surface area contributed by atoms with Crippen molar-refractivity contribution in [3.8, 4) is 0 Å². The van der Waals surface area contributed by atoms with Gasteiger partial charge in [-0.05, 0) is 42.0 Å². The molecule has 214 valence electrons. The molecule has 0 aliphatic carbocycles. The molecule has 1 unspecified atom stereocenters. The van der Waals surface area contributed by atoms with Crippen LogP contribution in [0.3, 0.4) is 0 Å². The number of nitrogens with one attached hydrogen (secondary N) is 2. The fourth-order valence-corrected chi connectivity index (χ4v) is 4.15. The van der Waals surface area contributed by atoms with Crippen LogP contribution >= 0.6 is 23.2 Å². The zero-order valence-corrected chi connectivity index (χ0v) is 22.5. The van der Waals surface area contributed by atoms with Crippen LogP contribution in [0.15, 0.2) is 48.5 Å². The van der Waals surface area contributed by atoms with Crippen molar-refractivity contribution in [3.05, 3.63) is 69.7 Å². The van der Waals surface area contributed by atoms with Gasteiger partial charge in [0.15, 0.2) is 0 Å². The Morgan fingerprint density at radius 3 is 2.10 bits per heavy atom. The molecule has 0 aliphatic heterocycles. The molecular formula is C26H28Cl2F5N3O3. The Balaban J connectivity index is 2.26. The first kappa shape index (κ1) is 32.5. The van der Waals surface area contributed by atoms with E-state index in [1.54, 1.807) is 48.5 Å². The van der Waals surface area contributed by atoms with Crippen molar-refractivity contribution < 1.29 is 36.3 Å². The number of alkyl halides is 5. The molecule has 0 bridgehead atoms. The molecule has 6 nitrogen and oxygen atoms in total. The fraction of sp³-hybridized carbons (Fsp3) is 0.423. The van der Waals surface area contributed by atoms with Gasteiger partial charge >= 0.3 is 12.1 Å². The first-order chi connectivity index (χ1) is 18.0. The van der Waals surface area contributed by atoms with Crippen LogP contribution in [0.4, 0.5) is 22.0 Å². The van der Waals surface area contributed by atoms with Crippen LogP contribution in [-0.2, 0) is 20.8 Å². The lowest BCUT2D eigenvalue weighted by molar-refractivity contribution is -0.165. The SMILES string of the molecule is CC(C)[C@H](NC(=O)[C@@H](c1ccccc1)C(N)CCc1ccc(Cl)c(Cl)c1)C(=O)C(F)(F)C(=O)NCC(F)(F)F. The van der Waals surface area contributed by atoms with Gasteiger partial charge in [0.05, 0.1) is 22.0 Å². The Hall–Kier alpha value is -2.76. The van der Waals surface area contributed by atoms with Gasteiger partial charge in [-0.2, -0.15) is 22.0 Å². The predicted molar refractivity (Wildman–Crippen MR) is 138 cm³/mol. The number of Topliss-reactive ketones (excluding diaryl/α,β-unsaturated/α-hetero) is 1. The summed E-state index contributed by atoms with van der Waals surface area (Å²) in [5.41, 5.74) is 7.62. The third-order valence-electron chi connectivity index (χ3n) is 5.91. The minimum absolute atomic E-state index is 0.251. The molecule has 3 atom stereocenters. The van der Waals surface area contributed by atoms with Crippen molar-refractivity contribution in [2.45, 2.75) is 56.8 Å². The first-order valence-electron chi connectivity index (χ1n) is 11.9. The van der Waals surface area contributed by atoms with E-state index in [9.17, 15) is 36.3 Å². The number of amides is 2. The summed E-state index contributed by atoms with van der Waals surface area (Å²) in [5, 5.41) is 3.96. The molecule has 0 fully saturated rings. The smallest absolute Gasteiger partial charge is 0.345 e. The molecule has 0 saturated carbocycles. The Labute approximate surface area is 232 Å². The minimum atomic E-state index is -4.96. The van der Waals surface area contributed by atoms with Gasteiger partial charge in [-0.1, -0.05) is 73.4 Å². The van der Waals surface area contributed by atoms with Crippen molar-refractivity contribution in [2.75, 3.05) is 6.54 Å². The highest BCUT2D eigenvalue weighted by Gasteiger charge is 2.52. The van der Waals surface area contributed by atoms with E-state index in [4.69, 9.17) is 28.9 Å².